The molecule has 0 unspecified atom stereocenters. The molecule has 5 nitrogen and oxygen atoms in total. The molecule has 1 aromatic carbocycles. The summed E-state index contributed by atoms with van der Waals surface area (Å²) in [4.78, 5) is -0.288. The number of ether oxygens (including phenoxy) is 1. The molecule has 0 radical (unpaired) electrons. The van der Waals surface area contributed by atoms with Gasteiger partial charge in [0.15, 0.2) is 0 Å². The van der Waals surface area contributed by atoms with Crippen LogP contribution in [-0.2, 0) is 14.8 Å². The van der Waals surface area contributed by atoms with Crippen molar-refractivity contribution in [3.8, 4) is 0 Å². The molecule has 0 spiro atoms. The Balaban J connectivity index is 0.00000264. The molecule has 132 valence electrons. The molecule has 0 aromatic heterocycles. The lowest BCUT2D eigenvalue weighted by atomic mass is 10.1. The second-order valence-corrected chi connectivity index (χ2v) is 8.01. The Kier molecular flexibility index (Phi) is 8.40. The fourth-order valence-corrected chi connectivity index (χ4v) is 4.46. The Morgan fingerprint density at radius 2 is 2.00 bits per heavy atom. The summed E-state index contributed by atoms with van der Waals surface area (Å²) < 4.78 is 46.4. The molecular weight excluding hydrogens is 411 g/mol. The van der Waals surface area contributed by atoms with E-state index in [1.807, 2.05) is 0 Å². The Morgan fingerprint density at radius 1 is 1.35 bits per heavy atom. The summed E-state index contributed by atoms with van der Waals surface area (Å²) >= 11 is 3.18. The first-order valence-electron chi connectivity index (χ1n) is 7.22. The molecule has 1 aliphatic rings. The Hall–Kier alpha value is -0.250. The highest BCUT2D eigenvalue weighted by Gasteiger charge is 2.31. The van der Waals surface area contributed by atoms with Crippen molar-refractivity contribution in [2.75, 3.05) is 26.2 Å². The zero-order chi connectivity index (χ0) is 16.2. The van der Waals surface area contributed by atoms with E-state index in [0.29, 0.717) is 43.6 Å². The highest BCUT2D eigenvalue weighted by molar-refractivity contribution is 9.10. The van der Waals surface area contributed by atoms with Gasteiger partial charge in [-0.25, -0.2) is 12.8 Å². The van der Waals surface area contributed by atoms with E-state index >= 15 is 0 Å². The molecule has 1 heterocycles. The minimum Gasteiger partial charge on any atom is -0.378 e. The summed E-state index contributed by atoms with van der Waals surface area (Å²) in [6.07, 6.45) is 2.06. The van der Waals surface area contributed by atoms with Crippen LogP contribution in [0, 0.1) is 5.82 Å². The quantitative estimate of drug-likeness (QED) is 0.703. The average Bonchev–Trinajstić information content (AvgIpc) is 2.50. The Morgan fingerprint density at radius 3 is 2.61 bits per heavy atom. The van der Waals surface area contributed by atoms with Crippen LogP contribution in [0.5, 0.6) is 0 Å². The van der Waals surface area contributed by atoms with E-state index in [-0.39, 0.29) is 23.4 Å². The number of rotatable bonds is 6. The van der Waals surface area contributed by atoms with Crippen LogP contribution in [0.15, 0.2) is 27.6 Å². The summed E-state index contributed by atoms with van der Waals surface area (Å²) in [6.45, 7) is 1.84. The molecule has 0 saturated carbocycles. The molecule has 0 amide bonds. The number of halogens is 3. The lowest BCUT2D eigenvalue weighted by molar-refractivity contribution is 0.0208. The zero-order valence-corrected chi connectivity index (χ0v) is 15.8. The van der Waals surface area contributed by atoms with Crippen molar-refractivity contribution >= 4 is 38.4 Å². The predicted molar refractivity (Wildman–Crippen MR) is 92.8 cm³/mol. The third kappa shape index (κ3) is 5.37. The Labute approximate surface area is 151 Å². The number of nitrogens with zero attached hydrogens (tertiary/aromatic N) is 1. The second-order valence-electron chi connectivity index (χ2n) is 5.19. The zero-order valence-electron chi connectivity index (χ0n) is 12.6. The van der Waals surface area contributed by atoms with E-state index in [2.05, 4.69) is 15.9 Å². The molecule has 2 N–H and O–H groups in total. The minimum absolute atomic E-state index is 0. The normalized spacial score (nSPS) is 17.0. The molecule has 0 bridgehead atoms. The van der Waals surface area contributed by atoms with Gasteiger partial charge in [-0.15, -0.1) is 12.4 Å². The van der Waals surface area contributed by atoms with Gasteiger partial charge in [-0.05, 0) is 44.0 Å². The van der Waals surface area contributed by atoms with Gasteiger partial charge in [0.2, 0.25) is 10.0 Å². The van der Waals surface area contributed by atoms with Crippen molar-refractivity contribution < 1.29 is 17.5 Å². The lowest BCUT2D eigenvalue weighted by Crippen LogP contribution is -2.41. The van der Waals surface area contributed by atoms with Crippen molar-refractivity contribution in [2.24, 2.45) is 5.73 Å². The molecule has 2 rings (SSSR count). The number of nitrogens with two attached hydrogens (primary N) is 1. The molecular formula is C14H21BrClFN2O3S. The maximum atomic E-state index is 13.8. The lowest BCUT2D eigenvalue weighted by Gasteiger charge is -2.31. The van der Waals surface area contributed by atoms with Crippen LogP contribution < -0.4 is 5.73 Å². The highest BCUT2D eigenvalue weighted by atomic mass is 79.9. The third-order valence-electron chi connectivity index (χ3n) is 3.61. The van der Waals surface area contributed by atoms with Crippen molar-refractivity contribution in [3.63, 3.8) is 0 Å². The molecule has 1 aromatic rings. The van der Waals surface area contributed by atoms with Crippen LogP contribution in [-0.4, -0.2) is 45.1 Å². The van der Waals surface area contributed by atoms with Gasteiger partial charge in [-0.2, -0.15) is 4.31 Å². The number of hydrogen-bond donors (Lipinski definition) is 1. The fourth-order valence-electron chi connectivity index (χ4n) is 2.39. The summed E-state index contributed by atoms with van der Waals surface area (Å²) in [5.74, 6) is -0.732. The summed E-state index contributed by atoms with van der Waals surface area (Å²) in [5, 5.41) is 0. The number of piperidine rings is 1. The van der Waals surface area contributed by atoms with Crippen LogP contribution in [0.4, 0.5) is 4.39 Å². The molecule has 23 heavy (non-hydrogen) atoms. The van der Waals surface area contributed by atoms with Gasteiger partial charge in [0.1, 0.15) is 10.7 Å². The number of sulfonamides is 1. The molecule has 0 atom stereocenters. The van der Waals surface area contributed by atoms with E-state index in [4.69, 9.17) is 10.5 Å². The van der Waals surface area contributed by atoms with Crippen LogP contribution in [0.3, 0.4) is 0 Å². The van der Waals surface area contributed by atoms with E-state index < -0.39 is 15.8 Å². The Bertz CT molecular complexity index is 610. The number of benzene rings is 1. The average molecular weight is 432 g/mol. The summed E-state index contributed by atoms with van der Waals surface area (Å²) in [5.41, 5.74) is 5.41. The van der Waals surface area contributed by atoms with E-state index in [1.54, 1.807) is 0 Å². The van der Waals surface area contributed by atoms with Gasteiger partial charge in [0.05, 0.1) is 6.10 Å². The maximum Gasteiger partial charge on any atom is 0.246 e. The van der Waals surface area contributed by atoms with Crippen molar-refractivity contribution in [2.45, 2.75) is 30.3 Å². The van der Waals surface area contributed by atoms with Gasteiger partial charge >= 0.3 is 0 Å². The fraction of sp³-hybridized carbons (Fsp3) is 0.571. The van der Waals surface area contributed by atoms with Crippen molar-refractivity contribution in [1.29, 1.82) is 0 Å². The van der Waals surface area contributed by atoms with Gasteiger partial charge in [0.25, 0.3) is 0 Å². The highest BCUT2D eigenvalue weighted by Crippen LogP contribution is 2.26. The van der Waals surface area contributed by atoms with Gasteiger partial charge in [-0.3, -0.25) is 0 Å². The first-order valence-corrected chi connectivity index (χ1v) is 9.45. The van der Waals surface area contributed by atoms with E-state index in [0.717, 1.165) is 12.5 Å². The predicted octanol–water partition coefficient (Wildman–Crippen LogP) is 2.53. The van der Waals surface area contributed by atoms with Crippen LogP contribution >= 0.6 is 28.3 Å². The van der Waals surface area contributed by atoms with Gasteiger partial charge in [0, 0.05) is 24.2 Å². The maximum absolute atomic E-state index is 13.8. The minimum atomic E-state index is -3.81. The molecule has 1 saturated heterocycles. The smallest absolute Gasteiger partial charge is 0.246 e. The van der Waals surface area contributed by atoms with Crippen LogP contribution in [0.25, 0.3) is 0 Å². The topological polar surface area (TPSA) is 72.6 Å². The molecule has 1 fully saturated rings. The van der Waals surface area contributed by atoms with Crippen LogP contribution in [0.1, 0.15) is 19.3 Å². The standard InChI is InChI=1S/C14H20BrFN2O3S.ClH/c15-11-2-3-13(16)14(10-11)22(19,20)18-7-4-12(5-8-18)21-9-1-6-17;/h2-3,10,12H,1,4-9,17H2;1H. The second kappa shape index (κ2) is 9.29. The SMILES string of the molecule is Cl.NCCCOC1CCN(S(=O)(=O)c2cc(Br)ccc2F)CC1. The molecule has 1 aliphatic heterocycles. The van der Waals surface area contributed by atoms with Crippen molar-refractivity contribution in [3.05, 3.63) is 28.5 Å². The van der Waals surface area contributed by atoms with Crippen LogP contribution in [0.2, 0.25) is 0 Å². The monoisotopic (exact) mass is 430 g/mol. The molecule has 0 aliphatic carbocycles. The van der Waals surface area contributed by atoms with Gasteiger partial charge in [-0.1, -0.05) is 15.9 Å². The number of hydrogen-bond acceptors (Lipinski definition) is 4. The first kappa shape index (κ1) is 20.8. The summed E-state index contributed by atoms with van der Waals surface area (Å²) in [7, 11) is -3.81. The first-order chi connectivity index (χ1) is 10.4. The largest absolute Gasteiger partial charge is 0.378 e. The summed E-state index contributed by atoms with van der Waals surface area (Å²) in [6, 6.07) is 3.93. The van der Waals surface area contributed by atoms with E-state index in [1.165, 1.54) is 16.4 Å². The van der Waals surface area contributed by atoms with Gasteiger partial charge < -0.3 is 10.5 Å². The molecule has 9 heteroatoms. The third-order valence-corrected chi connectivity index (χ3v) is 6.02. The van der Waals surface area contributed by atoms with E-state index in [9.17, 15) is 12.8 Å². The van der Waals surface area contributed by atoms with Crippen molar-refractivity contribution in [1.82, 2.24) is 4.31 Å².